The minimum absolute atomic E-state index is 0.129. The summed E-state index contributed by atoms with van der Waals surface area (Å²) >= 11 is 0. The highest BCUT2D eigenvalue weighted by Gasteiger charge is 2.10. The van der Waals surface area contributed by atoms with Crippen molar-refractivity contribution in [3.8, 4) is 0 Å². The number of aliphatic hydroxyl groups excluding tert-OH is 1. The lowest BCUT2D eigenvalue weighted by Gasteiger charge is -2.12. The fourth-order valence-corrected chi connectivity index (χ4v) is 1.90. The van der Waals surface area contributed by atoms with Gasteiger partial charge in [0.05, 0.1) is 6.10 Å². The Kier molecular flexibility index (Phi) is 4.85. The number of hydrogen-bond donors (Lipinski definition) is 2. The van der Waals surface area contributed by atoms with Crippen molar-refractivity contribution < 1.29 is 14.3 Å². The Morgan fingerprint density at radius 1 is 1.15 bits per heavy atom. The molecular formula is C16H16FNO2. The number of carbonyl (C=O) groups excluding carboxylic acids is 1. The van der Waals surface area contributed by atoms with Gasteiger partial charge in [0.15, 0.2) is 0 Å². The molecule has 0 saturated carbocycles. The molecule has 1 atom stereocenters. The van der Waals surface area contributed by atoms with Gasteiger partial charge in [-0.05, 0) is 23.8 Å². The summed E-state index contributed by atoms with van der Waals surface area (Å²) in [6, 6.07) is 15.0. The van der Waals surface area contributed by atoms with E-state index in [0.717, 1.165) is 5.56 Å². The van der Waals surface area contributed by atoms with E-state index in [1.807, 2.05) is 30.3 Å². The molecule has 0 fully saturated rings. The summed E-state index contributed by atoms with van der Waals surface area (Å²) in [4.78, 5) is 11.8. The molecule has 0 aliphatic heterocycles. The molecule has 0 saturated heterocycles. The Hall–Kier alpha value is -2.20. The number of benzene rings is 2. The highest BCUT2D eigenvalue weighted by atomic mass is 19.1. The second-order valence-electron chi connectivity index (χ2n) is 4.56. The van der Waals surface area contributed by atoms with Crippen LogP contribution in [0.25, 0.3) is 0 Å². The van der Waals surface area contributed by atoms with Crippen molar-refractivity contribution in [1.82, 2.24) is 5.32 Å². The number of halogens is 1. The number of aliphatic hydroxyl groups is 1. The van der Waals surface area contributed by atoms with E-state index in [0.29, 0.717) is 6.42 Å². The van der Waals surface area contributed by atoms with Gasteiger partial charge in [-0.2, -0.15) is 0 Å². The summed E-state index contributed by atoms with van der Waals surface area (Å²) < 4.78 is 13.0. The number of hydrogen-bond acceptors (Lipinski definition) is 2. The maximum Gasteiger partial charge on any atom is 0.251 e. The van der Waals surface area contributed by atoms with Crippen LogP contribution in [0.4, 0.5) is 4.39 Å². The zero-order valence-corrected chi connectivity index (χ0v) is 10.9. The van der Waals surface area contributed by atoms with Crippen LogP contribution in [0.3, 0.4) is 0 Å². The average molecular weight is 273 g/mol. The quantitative estimate of drug-likeness (QED) is 0.877. The Morgan fingerprint density at radius 3 is 2.60 bits per heavy atom. The first kappa shape index (κ1) is 14.2. The van der Waals surface area contributed by atoms with Crippen LogP contribution in [0.1, 0.15) is 15.9 Å². The minimum atomic E-state index is -0.671. The molecule has 1 amide bonds. The van der Waals surface area contributed by atoms with E-state index in [1.165, 1.54) is 24.3 Å². The molecule has 4 heteroatoms. The molecule has 1 unspecified atom stereocenters. The monoisotopic (exact) mass is 273 g/mol. The molecule has 0 heterocycles. The summed E-state index contributed by atoms with van der Waals surface area (Å²) in [5, 5.41) is 12.5. The molecule has 20 heavy (non-hydrogen) atoms. The van der Waals surface area contributed by atoms with Gasteiger partial charge in [0.2, 0.25) is 0 Å². The van der Waals surface area contributed by atoms with Gasteiger partial charge in [0.1, 0.15) is 5.82 Å². The summed E-state index contributed by atoms with van der Waals surface area (Å²) in [6.45, 7) is 0.129. The van der Waals surface area contributed by atoms with Crippen molar-refractivity contribution in [2.24, 2.45) is 0 Å². The third kappa shape index (κ3) is 4.17. The van der Waals surface area contributed by atoms with E-state index in [1.54, 1.807) is 0 Å². The summed E-state index contributed by atoms with van der Waals surface area (Å²) in [7, 11) is 0. The van der Waals surface area contributed by atoms with E-state index in [-0.39, 0.29) is 12.1 Å². The molecule has 0 bridgehead atoms. The number of rotatable bonds is 5. The van der Waals surface area contributed by atoms with Crippen LogP contribution in [-0.4, -0.2) is 23.7 Å². The van der Waals surface area contributed by atoms with Crippen molar-refractivity contribution in [1.29, 1.82) is 0 Å². The Labute approximate surface area is 117 Å². The van der Waals surface area contributed by atoms with Gasteiger partial charge in [-0.1, -0.05) is 36.4 Å². The van der Waals surface area contributed by atoms with E-state index >= 15 is 0 Å². The fourth-order valence-electron chi connectivity index (χ4n) is 1.90. The molecule has 0 aliphatic rings. The molecule has 2 rings (SSSR count). The highest BCUT2D eigenvalue weighted by Crippen LogP contribution is 2.05. The molecule has 2 aromatic rings. The second kappa shape index (κ2) is 6.82. The van der Waals surface area contributed by atoms with E-state index < -0.39 is 17.8 Å². The maximum atomic E-state index is 13.0. The average Bonchev–Trinajstić information content (AvgIpc) is 2.46. The van der Waals surface area contributed by atoms with Crippen LogP contribution in [0.5, 0.6) is 0 Å². The van der Waals surface area contributed by atoms with Gasteiger partial charge in [-0.15, -0.1) is 0 Å². The lowest BCUT2D eigenvalue weighted by atomic mass is 10.1. The Balaban J connectivity index is 1.84. The second-order valence-corrected chi connectivity index (χ2v) is 4.56. The third-order valence-electron chi connectivity index (χ3n) is 2.90. The largest absolute Gasteiger partial charge is 0.391 e. The van der Waals surface area contributed by atoms with Crippen LogP contribution >= 0.6 is 0 Å². The Bertz CT molecular complexity index is 572. The van der Waals surface area contributed by atoms with Crippen molar-refractivity contribution in [3.05, 3.63) is 71.5 Å². The van der Waals surface area contributed by atoms with Crippen LogP contribution in [0.2, 0.25) is 0 Å². The predicted molar refractivity (Wildman–Crippen MR) is 74.9 cm³/mol. The van der Waals surface area contributed by atoms with E-state index in [2.05, 4.69) is 5.32 Å². The van der Waals surface area contributed by atoms with Crippen LogP contribution in [-0.2, 0) is 6.42 Å². The molecule has 3 nitrogen and oxygen atoms in total. The number of carbonyl (C=O) groups is 1. The first-order chi connectivity index (χ1) is 9.65. The number of amides is 1. The van der Waals surface area contributed by atoms with E-state index in [9.17, 15) is 14.3 Å². The van der Waals surface area contributed by atoms with Crippen LogP contribution in [0, 0.1) is 5.82 Å². The first-order valence-corrected chi connectivity index (χ1v) is 6.41. The van der Waals surface area contributed by atoms with Crippen LogP contribution in [0.15, 0.2) is 54.6 Å². The molecule has 2 aromatic carbocycles. The fraction of sp³-hybridized carbons (Fsp3) is 0.188. The SMILES string of the molecule is O=C(NCC(O)Cc1ccccc1)c1cccc(F)c1. The number of nitrogens with one attached hydrogen (secondary N) is 1. The highest BCUT2D eigenvalue weighted by molar-refractivity contribution is 5.94. The maximum absolute atomic E-state index is 13.0. The Morgan fingerprint density at radius 2 is 1.90 bits per heavy atom. The lowest BCUT2D eigenvalue weighted by Crippen LogP contribution is -2.33. The van der Waals surface area contributed by atoms with E-state index in [4.69, 9.17) is 0 Å². The van der Waals surface area contributed by atoms with Gasteiger partial charge in [0, 0.05) is 18.5 Å². The van der Waals surface area contributed by atoms with Crippen molar-refractivity contribution in [2.45, 2.75) is 12.5 Å². The zero-order valence-electron chi connectivity index (χ0n) is 10.9. The molecule has 0 aromatic heterocycles. The summed E-state index contributed by atoms with van der Waals surface area (Å²) in [5.41, 5.74) is 1.25. The van der Waals surface area contributed by atoms with Gasteiger partial charge in [-0.3, -0.25) is 4.79 Å². The van der Waals surface area contributed by atoms with Gasteiger partial charge >= 0.3 is 0 Å². The topological polar surface area (TPSA) is 49.3 Å². The summed E-state index contributed by atoms with van der Waals surface area (Å²) in [6.07, 6.45) is -0.209. The van der Waals surface area contributed by atoms with Gasteiger partial charge in [-0.25, -0.2) is 4.39 Å². The minimum Gasteiger partial charge on any atom is -0.391 e. The predicted octanol–water partition coefficient (Wildman–Crippen LogP) is 2.16. The molecule has 104 valence electrons. The normalized spacial score (nSPS) is 11.9. The first-order valence-electron chi connectivity index (χ1n) is 6.41. The molecule has 0 aliphatic carbocycles. The summed E-state index contributed by atoms with van der Waals surface area (Å²) in [5.74, 6) is -0.848. The molecule has 0 spiro atoms. The standard InChI is InChI=1S/C16H16FNO2/c17-14-8-4-7-13(10-14)16(20)18-11-15(19)9-12-5-2-1-3-6-12/h1-8,10,15,19H,9,11H2,(H,18,20). The van der Waals surface area contributed by atoms with Gasteiger partial charge in [0.25, 0.3) is 5.91 Å². The lowest BCUT2D eigenvalue weighted by molar-refractivity contribution is 0.0915. The van der Waals surface area contributed by atoms with Crippen LogP contribution < -0.4 is 5.32 Å². The van der Waals surface area contributed by atoms with Crippen molar-refractivity contribution in [3.63, 3.8) is 0 Å². The molecule has 2 N–H and O–H groups in total. The van der Waals surface area contributed by atoms with Crippen molar-refractivity contribution >= 4 is 5.91 Å². The zero-order chi connectivity index (χ0) is 14.4. The third-order valence-corrected chi connectivity index (χ3v) is 2.90. The van der Waals surface area contributed by atoms with Gasteiger partial charge < -0.3 is 10.4 Å². The smallest absolute Gasteiger partial charge is 0.251 e. The van der Waals surface area contributed by atoms with Crippen molar-refractivity contribution in [2.75, 3.05) is 6.54 Å². The molecular weight excluding hydrogens is 257 g/mol. The molecule has 0 radical (unpaired) electrons.